The van der Waals surface area contributed by atoms with Gasteiger partial charge in [0.15, 0.2) is 0 Å². The number of carboxylic acid groups (broad SMARTS) is 1. The number of rotatable bonds is 3. The lowest BCUT2D eigenvalue weighted by Gasteiger charge is -2.39. The average Bonchev–Trinajstić information content (AvgIpc) is 2.65. The summed E-state index contributed by atoms with van der Waals surface area (Å²) in [5.41, 5.74) is -0.791. The number of nitrogens with zero attached hydrogens (tertiary/aromatic N) is 3. The van der Waals surface area contributed by atoms with Gasteiger partial charge in [0.1, 0.15) is 11.6 Å². The predicted molar refractivity (Wildman–Crippen MR) is 105 cm³/mol. The molecule has 2 aromatic rings. The maximum atomic E-state index is 13.3. The molecule has 0 spiro atoms. The van der Waals surface area contributed by atoms with Gasteiger partial charge in [-0.3, -0.25) is 9.88 Å². The van der Waals surface area contributed by atoms with E-state index in [1.54, 1.807) is 45.2 Å². The zero-order chi connectivity index (χ0) is 21.4. The molecule has 1 amide bonds. The van der Waals surface area contributed by atoms with E-state index in [1.807, 2.05) is 0 Å². The standard InChI is InChI=1S/C19H23N3O6S/c1-19(2,3)28-18(25)22-10-9-21(12-15(22)17(23)24)29(26,27)16-6-4-5-13-11-20-8-7-14(13)16/h4-8,11,15H,9-10,12H2,1-3H3,(H,23,24). The number of amides is 1. The van der Waals surface area contributed by atoms with Gasteiger partial charge in [0.2, 0.25) is 10.0 Å². The number of hydrogen-bond acceptors (Lipinski definition) is 6. The Labute approximate surface area is 168 Å². The molecule has 1 aromatic carbocycles. The molecule has 29 heavy (non-hydrogen) atoms. The zero-order valence-electron chi connectivity index (χ0n) is 16.4. The Balaban J connectivity index is 1.91. The molecule has 156 valence electrons. The first-order chi connectivity index (χ1) is 13.5. The van der Waals surface area contributed by atoms with Gasteiger partial charge in [0.25, 0.3) is 0 Å². The third-order valence-corrected chi connectivity index (χ3v) is 6.44. The molecular weight excluding hydrogens is 398 g/mol. The van der Waals surface area contributed by atoms with Crippen molar-refractivity contribution in [3.05, 3.63) is 36.7 Å². The van der Waals surface area contributed by atoms with Gasteiger partial charge in [-0.25, -0.2) is 18.0 Å². The van der Waals surface area contributed by atoms with Crippen LogP contribution < -0.4 is 0 Å². The van der Waals surface area contributed by atoms with Crippen LogP contribution in [0.2, 0.25) is 0 Å². The number of carbonyl (C=O) groups excluding carboxylic acids is 1. The van der Waals surface area contributed by atoms with E-state index in [0.717, 1.165) is 9.21 Å². The van der Waals surface area contributed by atoms with Crippen LogP contribution in [0, 0.1) is 0 Å². The summed E-state index contributed by atoms with van der Waals surface area (Å²) in [5.74, 6) is -1.29. The lowest BCUT2D eigenvalue weighted by atomic mass is 10.2. The van der Waals surface area contributed by atoms with Crippen LogP contribution in [0.15, 0.2) is 41.6 Å². The van der Waals surface area contributed by atoms with Crippen LogP contribution in [0.5, 0.6) is 0 Å². The van der Waals surface area contributed by atoms with Crippen LogP contribution in [0.1, 0.15) is 20.8 Å². The highest BCUT2D eigenvalue weighted by atomic mass is 32.2. The Morgan fingerprint density at radius 1 is 1.21 bits per heavy atom. The summed E-state index contributed by atoms with van der Waals surface area (Å²) in [5, 5.41) is 10.8. The van der Waals surface area contributed by atoms with E-state index in [0.29, 0.717) is 10.8 Å². The molecule has 9 nitrogen and oxygen atoms in total. The quantitative estimate of drug-likeness (QED) is 0.805. The second-order valence-electron chi connectivity index (χ2n) is 7.74. The molecule has 0 saturated carbocycles. The number of hydrogen-bond donors (Lipinski definition) is 1. The minimum atomic E-state index is -3.98. The van der Waals surface area contributed by atoms with Gasteiger partial charge < -0.3 is 9.84 Å². The SMILES string of the molecule is CC(C)(C)OC(=O)N1CCN(S(=O)(=O)c2cccc3cnccc23)CC1C(=O)O. The molecule has 0 bridgehead atoms. The molecule has 1 N–H and O–H groups in total. The zero-order valence-corrected chi connectivity index (χ0v) is 17.2. The average molecular weight is 421 g/mol. The summed E-state index contributed by atoms with van der Waals surface area (Å²) < 4.78 is 32.9. The maximum absolute atomic E-state index is 13.3. The normalized spacial score (nSPS) is 18.6. The van der Waals surface area contributed by atoms with Gasteiger partial charge in [-0.1, -0.05) is 12.1 Å². The number of pyridine rings is 1. The molecular formula is C19H23N3O6S. The summed E-state index contributed by atoms with van der Waals surface area (Å²) in [6.45, 7) is 4.55. The van der Waals surface area contributed by atoms with Gasteiger partial charge in [-0.05, 0) is 32.9 Å². The van der Waals surface area contributed by atoms with Crippen molar-refractivity contribution in [3.8, 4) is 0 Å². The number of piperazine rings is 1. The summed E-state index contributed by atoms with van der Waals surface area (Å²) >= 11 is 0. The summed E-state index contributed by atoms with van der Waals surface area (Å²) in [7, 11) is -3.98. The number of benzene rings is 1. The Kier molecular flexibility index (Phi) is 5.50. The van der Waals surface area contributed by atoms with E-state index in [1.165, 1.54) is 12.3 Å². The fourth-order valence-electron chi connectivity index (χ4n) is 3.18. The summed E-state index contributed by atoms with van der Waals surface area (Å²) in [6, 6.07) is 5.11. The first kappa shape index (κ1) is 21.0. The largest absolute Gasteiger partial charge is 0.480 e. The first-order valence-corrected chi connectivity index (χ1v) is 10.5. The molecule has 1 unspecified atom stereocenters. The van der Waals surface area contributed by atoms with Crippen molar-refractivity contribution in [2.24, 2.45) is 0 Å². The van der Waals surface area contributed by atoms with Crippen molar-refractivity contribution >= 4 is 32.9 Å². The molecule has 0 aliphatic carbocycles. The van der Waals surface area contributed by atoms with E-state index in [-0.39, 0.29) is 24.5 Å². The van der Waals surface area contributed by atoms with E-state index < -0.39 is 33.7 Å². The highest BCUT2D eigenvalue weighted by Crippen LogP contribution is 2.27. The van der Waals surface area contributed by atoms with E-state index in [9.17, 15) is 23.1 Å². The smallest absolute Gasteiger partial charge is 0.411 e. The Morgan fingerprint density at radius 3 is 2.59 bits per heavy atom. The number of fused-ring (bicyclic) bond motifs is 1. The highest BCUT2D eigenvalue weighted by molar-refractivity contribution is 7.89. The van der Waals surface area contributed by atoms with E-state index in [4.69, 9.17) is 4.74 Å². The predicted octanol–water partition coefficient (Wildman–Crippen LogP) is 1.93. The number of aliphatic carboxylic acids is 1. The second kappa shape index (κ2) is 7.60. The number of carboxylic acids is 1. The van der Waals surface area contributed by atoms with Crippen molar-refractivity contribution < 1.29 is 27.9 Å². The van der Waals surface area contributed by atoms with Gasteiger partial charge >= 0.3 is 12.1 Å². The minimum absolute atomic E-state index is 0.0349. The minimum Gasteiger partial charge on any atom is -0.480 e. The number of aromatic nitrogens is 1. The molecule has 1 fully saturated rings. The Bertz CT molecular complexity index is 1040. The van der Waals surface area contributed by atoms with Gasteiger partial charge in [0.05, 0.1) is 4.90 Å². The van der Waals surface area contributed by atoms with Crippen LogP contribution in [-0.4, -0.2) is 71.1 Å². The van der Waals surface area contributed by atoms with Crippen LogP contribution in [-0.2, 0) is 19.6 Å². The first-order valence-electron chi connectivity index (χ1n) is 9.06. The molecule has 2 heterocycles. The maximum Gasteiger partial charge on any atom is 0.411 e. The molecule has 1 saturated heterocycles. The monoisotopic (exact) mass is 421 g/mol. The molecule has 10 heteroatoms. The van der Waals surface area contributed by atoms with Crippen LogP contribution in [0.3, 0.4) is 0 Å². The molecule has 1 atom stereocenters. The Morgan fingerprint density at radius 2 is 1.93 bits per heavy atom. The van der Waals surface area contributed by atoms with Crippen molar-refractivity contribution in [2.45, 2.75) is 37.3 Å². The van der Waals surface area contributed by atoms with Crippen molar-refractivity contribution in [3.63, 3.8) is 0 Å². The lowest BCUT2D eigenvalue weighted by molar-refractivity contribution is -0.144. The number of sulfonamides is 1. The van der Waals surface area contributed by atoms with Crippen molar-refractivity contribution in [1.82, 2.24) is 14.2 Å². The number of ether oxygens (including phenoxy) is 1. The Hall–Kier alpha value is -2.72. The molecule has 0 radical (unpaired) electrons. The lowest BCUT2D eigenvalue weighted by Crippen LogP contribution is -2.59. The molecule has 1 aromatic heterocycles. The fraction of sp³-hybridized carbons (Fsp3) is 0.421. The van der Waals surface area contributed by atoms with Crippen molar-refractivity contribution in [2.75, 3.05) is 19.6 Å². The van der Waals surface area contributed by atoms with Crippen LogP contribution >= 0.6 is 0 Å². The van der Waals surface area contributed by atoms with E-state index >= 15 is 0 Å². The second-order valence-corrected chi connectivity index (χ2v) is 9.65. The fourth-order valence-corrected chi connectivity index (χ4v) is 4.84. The van der Waals surface area contributed by atoms with Gasteiger partial charge in [0, 0.05) is 42.8 Å². The van der Waals surface area contributed by atoms with Crippen molar-refractivity contribution in [1.29, 1.82) is 0 Å². The molecule has 3 rings (SSSR count). The number of carbonyl (C=O) groups is 2. The van der Waals surface area contributed by atoms with Gasteiger partial charge in [-0.2, -0.15) is 4.31 Å². The molecule has 1 aliphatic rings. The van der Waals surface area contributed by atoms with Gasteiger partial charge in [-0.15, -0.1) is 0 Å². The van der Waals surface area contributed by atoms with E-state index in [2.05, 4.69) is 4.98 Å². The highest BCUT2D eigenvalue weighted by Gasteiger charge is 2.41. The summed E-state index contributed by atoms with van der Waals surface area (Å²) in [4.78, 5) is 29.3. The van der Waals surface area contributed by atoms with Crippen LogP contribution in [0.4, 0.5) is 4.79 Å². The third kappa shape index (κ3) is 4.33. The summed E-state index contributed by atoms with van der Waals surface area (Å²) in [6.07, 6.45) is 2.29. The van der Waals surface area contributed by atoms with Crippen LogP contribution in [0.25, 0.3) is 10.8 Å². The molecule has 1 aliphatic heterocycles. The third-order valence-electron chi connectivity index (χ3n) is 4.51. The topological polar surface area (TPSA) is 117 Å².